The largest absolute Gasteiger partial charge is 0.394 e. The summed E-state index contributed by atoms with van der Waals surface area (Å²) in [5.74, 6) is -0.0857. The molecule has 2 unspecified atom stereocenters. The quantitative estimate of drug-likeness (QED) is 0.175. The molecular weight excluding hydrogens is 362 g/mol. The van der Waals surface area contributed by atoms with Gasteiger partial charge in [0.2, 0.25) is 5.91 Å². The summed E-state index contributed by atoms with van der Waals surface area (Å²) >= 11 is 0. The molecule has 0 spiro atoms. The van der Waals surface area contributed by atoms with Crippen LogP contribution in [-0.4, -0.2) is 34.9 Å². The van der Waals surface area contributed by atoms with Crippen molar-refractivity contribution in [2.24, 2.45) is 0 Å². The van der Waals surface area contributed by atoms with E-state index < -0.39 is 12.1 Å². The average Bonchev–Trinajstić information content (AvgIpc) is 2.72. The summed E-state index contributed by atoms with van der Waals surface area (Å²) in [6.07, 6.45) is 23.9. The summed E-state index contributed by atoms with van der Waals surface area (Å²) in [7, 11) is 0. The molecule has 4 heteroatoms. The Morgan fingerprint density at radius 2 is 1.34 bits per heavy atom. The van der Waals surface area contributed by atoms with Crippen LogP contribution in [0.15, 0.2) is 24.3 Å². The Morgan fingerprint density at radius 3 is 2.00 bits per heavy atom. The number of carbonyl (C=O) groups excluding carboxylic acids is 1. The minimum Gasteiger partial charge on any atom is -0.394 e. The molecule has 2 atom stereocenters. The van der Waals surface area contributed by atoms with Crippen LogP contribution in [0.2, 0.25) is 0 Å². The topological polar surface area (TPSA) is 69.6 Å². The Labute approximate surface area is 179 Å². The molecule has 0 aromatic rings. The molecule has 0 aliphatic heterocycles. The Morgan fingerprint density at radius 1 is 0.793 bits per heavy atom. The van der Waals surface area contributed by atoms with Gasteiger partial charge >= 0.3 is 0 Å². The van der Waals surface area contributed by atoms with Gasteiger partial charge in [-0.3, -0.25) is 4.79 Å². The fraction of sp³-hybridized carbons (Fsp3) is 0.800. The predicted molar refractivity (Wildman–Crippen MR) is 124 cm³/mol. The SMILES string of the molecule is CCCCC/C=C/CC/C=C/C(O)C(CO)NC(=O)CCCCCCCCCC. The molecule has 4 nitrogen and oxygen atoms in total. The zero-order valence-electron chi connectivity index (χ0n) is 19.1. The number of amides is 1. The van der Waals surface area contributed by atoms with E-state index in [1.54, 1.807) is 6.08 Å². The third-order valence-electron chi connectivity index (χ3n) is 5.19. The van der Waals surface area contributed by atoms with E-state index in [-0.39, 0.29) is 12.5 Å². The zero-order valence-corrected chi connectivity index (χ0v) is 19.1. The highest BCUT2D eigenvalue weighted by Gasteiger charge is 2.17. The lowest BCUT2D eigenvalue weighted by atomic mass is 10.1. The number of aliphatic hydroxyl groups excluding tert-OH is 2. The third kappa shape index (κ3) is 18.6. The number of hydrogen-bond acceptors (Lipinski definition) is 3. The van der Waals surface area contributed by atoms with Crippen LogP contribution in [0, 0.1) is 0 Å². The molecule has 0 aliphatic rings. The van der Waals surface area contributed by atoms with Crippen molar-refractivity contribution in [2.45, 2.75) is 122 Å². The summed E-state index contributed by atoms with van der Waals surface area (Å²) in [4.78, 5) is 12.0. The van der Waals surface area contributed by atoms with Crippen LogP contribution in [-0.2, 0) is 4.79 Å². The van der Waals surface area contributed by atoms with E-state index in [9.17, 15) is 15.0 Å². The van der Waals surface area contributed by atoms with Gasteiger partial charge in [-0.2, -0.15) is 0 Å². The first kappa shape index (κ1) is 27.9. The first-order chi connectivity index (χ1) is 14.2. The molecule has 3 N–H and O–H groups in total. The second-order valence-electron chi connectivity index (χ2n) is 8.04. The van der Waals surface area contributed by atoms with Crippen molar-refractivity contribution in [3.05, 3.63) is 24.3 Å². The summed E-state index contributed by atoms with van der Waals surface area (Å²) in [6.45, 7) is 4.17. The van der Waals surface area contributed by atoms with Crippen LogP contribution in [0.4, 0.5) is 0 Å². The van der Waals surface area contributed by atoms with Gasteiger partial charge in [0.25, 0.3) is 0 Å². The van der Waals surface area contributed by atoms with E-state index in [2.05, 4.69) is 31.3 Å². The smallest absolute Gasteiger partial charge is 0.220 e. The standard InChI is InChI=1S/C25H47NO3/c1-3-5-7-9-11-13-14-16-18-20-24(28)23(22-27)26-25(29)21-19-17-15-12-10-8-6-4-2/h11,13,18,20,23-24,27-28H,3-10,12,14-17,19,21-22H2,1-2H3,(H,26,29)/b13-11+,20-18+. The van der Waals surface area contributed by atoms with Crippen LogP contribution < -0.4 is 5.32 Å². The summed E-state index contributed by atoms with van der Waals surface area (Å²) in [6, 6.07) is -0.627. The number of nitrogens with one attached hydrogen (secondary N) is 1. The number of unbranched alkanes of at least 4 members (excludes halogenated alkanes) is 11. The van der Waals surface area contributed by atoms with Gasteiger partial charge in [-0.15, -0.1) is 0 Å². The minimum atomic E-state index is -0.851. The van der Waals surface area contributed by atoms with E-state index in [0.29, 0.717) is 6.42 Å². The van der Waals surface area contributed by atoms with Crippen LogP contribution in [0.1, 0.15) is 110 Å². The monoisotopic (exact) mass is 409 g/mol. The van der Waals surface area contributed by atoms with E-state index >= 15 is 0 Å². The lowest BCUT2D eigenvalue weighted by molar-refractivity contribution is -0.123. The van der Waals surface area contributed by atoms with E-state index in [1.165, 1.54) is 57.8 Å². The van der Waals surface area contributed by atoms with E-state index in [4.69, 9.17) is 0 Å². The summed E-state index contributed by atoms with van der Waals surface area (Å²) in [5.41, 5.74) is 0. The van der Waals surface area contributed by atoms with Crippen LogP contribution in [0.25, 0.3) is 0 Å². The van der Waals surface area contributed by atoms with E-state index in [0.717, 1.165) is 32.1 Å². The van der Waals surface area contributed by atoms with Crippen molar-refractivity contribution in [2.75, 3.05) is 6.61 Å². The Kier molecular flexibility index (Phi) is 20.7. The number of hydrogen-bond donors (Lipinski definition) is 3. The molecule has 0 fully saturated rings. The van der Waals surface area contributed by atoms with E-state index in [1.807, 2.05) is 6.08 Å². The lowest BCUT2D eigenvalue weighted by Crippen LogP contribution is -2.45. The molecule has 0 bridgehead atoms. The number of rotatable bonds is 20. The first-order valence-corrected chi connectivity index (χ1v) is 12.1. The van der Waals surface area contributed by atoms with Crippen molar-refractivity contribution in [1.29, 1.82) is 0 Å². The van der Waals surface area contributed by atoms with Crippen molar-refractivity contribution in [3.8, 4) is 0 Å². The number of aliphatic hydroxyl groups is 2. The van der Waals surface area contributed by atoms with Crippen molar-refractivity contribution >= 4 is 5.91 Å². The molecular formula is C25H47NO3. The third-order valence-corrected chi connectivity index (χ3v) is 5.19. The maximum Gasteiger partial charge on any atom is 0.220 e. The second-order valence-corrected chi connectivity index (χ2v) is 8.04. The molecule has 0 radical (unpaired) electrons. The molecule has 170 valence electrons. The van der Waals surface area contributed by atoms with Gasteiger partial charge < -0.3 is 15.5 Å². The fourth-order valence-electron chi connectivity index (χ4n) is 3.25. The van der Waals surface area contributed by atoms with Crippen LogP contribution >= 0.6 is 0 Å². The Hall–Kier alpha value is -1.13. The van der Waals surface area contributed by atoms with Gasteiger partial charge in [-0.25, -0.2) is 0 Å². The molecule has 0 saturated carbocycles. The van der Waals surface area contributed by atoms with Gasteiger partial charge in [0.05, 0.1) is 18.8 Å². The maximum absolute atomic E-state index is 12.0. The minimum absolute atomic E-state index is 0.0857. The highest BCUT2D eigenvalue weighted by atomic mass is 16.3. The second kappa shape index (κ2) is 21.6. The highest BCUT2D eigenvalue weighted by molar-refractivity contribution is 5.76. The Balaban J connectivity index is 3.85. The van der Waals surface area contributed by atoms with Crippen molar-refractivity contribution in [1.82, 2.24) is 5.32 Å². The Bertz CT molecular complexity index is 420. The zero-order chi connectivity index (χ0) is 21.6. The first-order valence-electron chi connectivity index (χ1n) is 12.1. The highest BCUT2D eigenvalue weighted by Crippen LogP contribution is 2.10. The lowest BCUT2D eigenvalue weighted by Gasteiger charge is -2.19. The van der Waals surface area contributed by atoms with Crippen LogP contribution in [0.5, 0.6) is 0 Å². The molecule has 0 aliphatic carbocycles. The van der Waals surface area contributed by atoms with Crippen LogP contribution in [0.3, 0.4) is 0 Å². The fourth-order valence-corrected chi connectivity index (χ4v) is 3.25. The van der Waals surface area contributed by atoms with Gasteiger partial charge in [0, 0.05) is 6.42 Å². The molecule has 0 aromatic heterocycles. The number of carbonyl (C=O) groups is 1. The van der Waals surface area contributed by atoms with Crippen molar-refractivity contribution in [3.63, 3.8) is 0 Å². The molecule has 0 rings (SSSR count). The normalized spacial score (nSPS) is 13.9. The predicted octanol–water partition coefficient (Wildman–Crippen LogP) is 5.83. The summed E-state index contributed by atoms with van der Waals surface area (Å²) in [5, 5.41) is 22.4. The number of allylic oxidation sites excluding steroid dienone is 3. The van der Waals surface area contributed by atoms with Gasteiger partial charge in [0.1, 0.15) is 0 Å². The average molecular weight is 410 g/mol. The molecule has 0 saturated heterocycles. The van der Waals surface area contributed by atoms with Gasteiger partial charge in [-0.1, -0.05) is 95.9 Å². The molecule has 29 heavy (non-hydrogen) atoms. The van der Waals surface area contributed by atoms with Gasteiger partial charge in [0.15, 0.2) is 0 Å². The van der Waals surface area contributed by atoms with Crippen molar-refractivity contribution < 1.29 is 15.0 Å². The molecule has 1 amide bonds. The maximum atomic E-state index is 12.0. The summed E-state index contributed by atoms with van der Waals surface area (Å²) < 4.78 is 0. The van der Waals surface area contributed by atoms with Gasteiger partial charge in [-0.05, 0) is 32.1 Å². The molecule has 0 heterocycles. The molecule has 0 aromatic carbocycles.